The summed E-state index contributed by atoms with van der Waals surface area (Å²) < 4.78 is 0. The number of hydrogen-bond acceptors (Lipinski definition) is 1. The highest BCUT2D eigenvalue weighted by Gasteiger charge is 2.25. The van der Waals surface area contributed by atoms with Crippen molar-refractivity contribution in [2.24, 2.45) is 5.92 Å². The second-order valence-electron chi connectivity index (χ2n) is 2.88. The van der Waals surface area contributed by atoms with Gasteiger partial charge in [0.25, 0.3) is 0 Å². The molecule has 1 heterocycles. The molecule has 0 radical (unpaired) electrons. The van der Waals surface area contributed by atoms with Crippen LogP contribution >= 0.6 is 0 Å². The van der Waals surface area contributed by atoms with Crippen LogP contribution in [0.1, 0.15) is 6.92 Å². The van der Waals surface area contributed by atoms with Crippen LogP contribution in [0.5, 0.6) is 0 Å². The molecule has 0 fully saturated rings. The van der Waals surface area contributed by atoms with Gasteiger partial charge in [-0.3, -0.25) is 4.79 Å². The Balaban J connectivity index is 2.98. The number of carbonyl (C=O) groups excluding carboxylic acids is 1. The van der Waals surface area contributed by atoms with Crippen molar-refractivity contribution in [2.75, 3.05) is 0 Å². The quantitative estimate of drug-likeness (QED) is 0.652. The molecule has 13 heavy (non-hydrogen) atoms. The van der Waals surface area contributed by atoms with Crippen LogP contribution in [-0.2, 0) is 4.79 Å². The average molecular weight is 175 g/mol. The molecule has 1 aliphatic heterocycles. The Bertz CT molecular complexity index is 310. The van der Waals surface area contributed by atoms with Crippen molar-refractivity contribution in [3.63, 3.8) is 0 Å². The molecule has 2 heteroatoms. The molecule has 1 rings (SSSR count). The van der Waals surface area contributed by atoms with Gasteiger partial charge in [0.15, 0.2) is 0 Å². The van der Waals surface area contributed by atoms with Crippen LogP contribution in [-0.4, -0.2) is 5.91 Å². The summed E-state index contributed by atoms with van der Waals surface area (Å²) in [5.41, 5.74) is 1.77. The molecule has 0 aromatic carbocycles. The summed E-state index contributed by atoms with van der Waals surface area (Å²) in [6.07, 6.45) is 7.00. The minimum absolute atomic E-state index is 0.0265. The Labute approximate surface area is 78.3 Å². The van der Waals surface area contributed by atoms with Gasteiger partial charge >= 0.3 is 0 Å². The summed E-state index contributed by atoms with van der Waals surface area (Å²) >= 11 is 0. The lowest BCUT2D eigenvalue weighted by molar-refractivity contribution is -0.121. The summed E-state index contributed by atoms with van der Waals surface area (Å²) in [5.74, 6) is -0.0689. The first-order valence-corrected chi connectivity index (χ1v) is 4.17. The van der Waals surface area contributed by atoms with E-state index in [-0.39, 0.29) is 11.8 Å². The molecule has 0 bridgehead atoms. The maximum atomic E-state index is 11.3. The molecule has 1 N–H and O–H groups in total. The zero-order valence-electron chi connectivity index (χ0n) is 7.71. The Hall–Kier alpha value is -1.57. The fourth-order valence-corrected chi connectivity index (χ4v) is 1.28. The van der Waals surface area contributed by atoms with Gasteiger partial charge in [0.1, 0.15) is 0 Å². The minimum Gasteiger partial charge on any atom is -0.325 e. The number of allylic oxidation sites excluding steroid dienone is 4. The lowest BCUT2D eigenvalue weighted by Crippen LogP contribution is -2.19. The molecular weight excluding hydrogens is 162 g/mol. The lowest BCUT2D eigenvalue weighted by Gasteiger charge is -1.98. The third kappa shape index (κ3) is 1.78. The summed E-state index contributed by atoms with van der Waals surface area (Å²) in [5, 5.41) is 2.77. The van der Waals surface area contributed by atoms with Crippen molar-refractivity contribution in [1.82, 2.24) is 5.32 Å². The molecule has 1 aliphatic rings. The van der Waals surface area contributed by atoms with Crippen LogP contribution in [0.2, 0.25) is 0 Å². The second kappa shape index (κ2) is 3.90. The van der Waals surface area contributed by atoms with E-state index in [1.165, 1.54) is 0 Å². The summed E-state index contributed by atoms with van der Waals surface area (Å²) in [6.45, 7) is 9.10. The van der Waals surface area contributed by atoms with E-state index in [0.29, 0.717) is 0 Å². The second-order valence-corrected chi connectivity index (χ2v) is 2.88. The Morgan fingerprint density at radius 3 is 2.69 bits per heavy atom. The monoisotopic (exact) mass is 175 g/mol. The maximum Gasteiger partial charge on any atom is 0.231 e. The van der Waals surface area contributed by atoms with Crippen LogP contribution in [0.3, 0.4) is 0 Å². The molecule has 0 saturated carbocycles. The Morgan fingerprint density at radius 1 is 1.46 bits per heavy atom. The van der Waals surface area contributed by atoms with Gasteiger partial charge in [-0.15, -0.1) is 0 Å². The Kier molecular flexibility index (Phi) is 2.85. The smallest absolute Gasteiger partial charge is 0.231 e. The van der Waals surface area contributed by atoms with E-state index in [4.69, 9.17) is 0 Å². The number of nitrogens with one attached hydrogen (secondary N) is 1. The van der Waals surface area contributed by atoms with Crippen LogP contribution < -0.4 is 5.32 Å². The highest BCUT2D eigenvalue weighted by atomic mass is 16.2. The van der Waals surface area contributed by atoms with Crippen LogP contribution in [0, 0.1) is 5.92 Å². The molecule has 1 unspecified atom stereocenters. The third-order valence-corrected chi connectivity index (χ3v) is 2.05. The molecule has 1 amide bonds. The third-order valence-electron chi connectivity index (χ3n) is 2.05. The molecule has 0 aromatic rings. The summed E-state index contributed by atoms with van der Waals surface area (Å²) in [7, 11) is 0. The van der Waals surface area contributed by atoms with Gasteiger partial charge in [-0.1, -0.05) is 31.4 Å². The van der Waals surface area contributed by atoms with Crippen LogP contribution in [0.4, 0.5) is 0 Å². The predicted molar refractivity (Wildman–Crippen MR) is 53.9 cm³/mol. The molecule has 0 saturated heterocycles. The van der Waals surface area contributed by atoms with Crippen molar-refractivity contribution >= 4 is 5.91 Å². The van der Waals surface area contributed by atoms with Crippen LogP contribution in [0.15, 0.2) is 48.7 Å². The average Bonchev–Trinajstić information content (AvgIpc) is 2.39. The predicted octanol–water partition coefficient (Wildman–Crippen LogP) is 1.93. The topological polar surface area (TPSA) is 29.1 Å². The molecule has 0 aromatic heterocycles. The van der Waals surface area contributed by atoms with Crippen LogP contribution in [0.25, 0.3) is 0 Å². The van der Waals surface area contributed by atoms with E-state index in [2.05, 4.69) is 18.5 Å². The number of rotatable bonds is 3. The Morgan fingerprint density at radius 2 is 2.15 bits per heavy atom. The highest BCUT2D eigenvalue weighted by molar-refractivity contribution is 5.88. The molecular formula is C11H13NO. The largest absolute Gasteiger partial charge is 0.325 e. The molecule has 68 valence electrons. The van der Waals surface area contributed by atoms with E-state index in [1.807, 2.05) is 13.0 Å². The number of amides is 1. The van der Waals surface area contributed by atoms with Gasteiger partial charge in [-0.05, 0) is 18.6 Å². The molecule has 2 nitrogen and oxygen atoms in total. The summed E-state index contributed by atoms with van der Waals surface area (Å²) in [4.78, 5) is 11.3. The molecule has 0 aliphatic carbocycles. The first kappa shape index (κ1) is 9.52. The van der Waals surface area contributed by atoms with E-state index < -0.39 is 0 Å². The van der Waals surface area contributed by atoms with Crippen molar-refractivity contribution in [3.8, 4) is 0 Å². The van der Waals surface area contributed by atoms with Crippen molar-refractivity contribution < 1.29 is 4.79 Å². The van der Waals surface area contributed by atoms with E-state index in [9.17, 15) is 4.79 Å². The van der Waals surface area contributed by atoms with E-state index in [0.717, 1.165) is 11.3 Å². The van der Waals surface area contributed by atoms with Gasteiger partial charge in [0.2, 0.25) is 5.91 Å². The van der Waals surface area contributed by atoms with E-state index in [1.54, 1.807) is 18.2 Å². The zero-order valence-corrected chi connectivity index (χ0v) is 7.71. The number of hydrogen-bond donors (Lipinski definition) is 1. The molecule has 1 atom stereocenters. The maximum absolute atomic E-state index is 11.3. The zero-order chi connectivity index (χ0) is 9.84. The fourth-order valence-electron chi connectivity index (χ4n) is 1.28. The van der Waals surface area contributed by atoms with Gasteiger partial charge in [0, 0.05) is 5.70 Å². The normalized spacial score (nSPS) is 22.2. The lowest BCUT2D eigenvalue weighted by atomic mass is 10.0. The summed E-state index contributed by atoms with van der Waals surface area (Å²) in [6, 6.07) is 0. The van der Waals surface area contributed by atoms with E-state index >= 15 is 0 Å². The van der Waals surface area contributed by atoms with Gasteiger partial charge in [-0.2, -0.15) is 0 Å². The first-order valence-electron chi connectivity index (χ1n) is 4.17. The number of carbonyl (C=O) groups is 1. The minimum atomic E-state index is -0.0954. The highest BCUT2D eigenvalue weighted by Crippen LogP contribution is 2.22. The fraction of sp³-hybridized carbons (Fsp3) is 0.182. The van der Waals surface area contributed by atoms with Gasteiger partial charge in [-0.25, -0.2) is 0 Å². The molecule has 0 spiro atoms. The van der Waals surface area contributed by atoms with Gasteiger partial charge < -0.3 is 5.32 Å². The van der Waals surface area contributed by atoms with Crippen molar-refractivity contribution in [2.45, 2.75) is 6.92 Å². The van der Waals surface area contributed by atoms with Crippen molar-refractivity contribution in [1.29, 1.82) is 0 Å². The van der Waals surface area contributed by atoms with Gasteiger partial charge in [0.05, 0.1) is 5.92 Å². The SMILES string of the molecule is C=C/C=C\C1=C(C=C)C(C)C(=O)N1. The van der Waals surface area contributed by atoms with Crippen molar-refractivity contribution in [3.05, 3.63) is 48.7 Å². The first-order chi connectivity index (χ1) is 6.20. The standard InChI is InChI=1S/C11H13NO/c1-4-6-7-10-9(5-2)8(3)11(13)12-10/h4-8H,1-2H2,3H3,(H,12,13)/b7-6-.